The number of fused-ring (bicyclic) bond motifs is 1. The molecular formula is C19H25IN4. The van der Waals surface area contributed by atoms with E-state index < -0.39 is 0 Å². The molecule has 3 N–H and O–H groups in total. The highest BCUT2D eigenvalue weighted by molar-refractivity contribution is 14.0. The predicted octanol–water partition coefficient (Wildman–Crippen LogP) is 3.79. The molecule has 0 radical (unpaired) electrons. The summed E-state index contributed by atoms with van der Waals surface area (Å²) in [6.07, 6.45) is 1.11. The summed E-state index contributed by atoms with van der Waals surface area (Å²) in [5, 5.41) is 3.15. The van der Waals surface area contributed by atoms with Gasteiger partial charge in [0.2, 0.25) is 0 Å². The maximum absolute atomic E-state index is 5.99. The highest BCUT2D eigenvalue weighted by atomic mass is 127. The van der Waals surface area contributed by atoms with Gasteiger partial charge in [0, 0.05) is 24.0 Å². The Morgan fingerprint density at radius 3 is 2.83 bits per heavy atom. The first kappa shape index (κ1) is 18.6. The fraction of sp³-hybridized carbons (Fsp3) is 0.316. The van der Waals surface area contributed by atoms with E-state index in [4.69, 9.17) is 5.73 Å². The number of para-hydroxylation sites is 1. The lowest BCUT2D eigenvalue weighted by molar-refractivity contribution is 0.674. The van der Waals surface area contributed by atoms with Gasteiger partial charge in [-0.1, -0.05) is 30.3 Å². The van der Waals surface area contributed by atoms with E-state index in [1.165, 1.54) is 16.8 Å². The summed E-state index contributed by atoms with van der Waals surface area (Å²) in [5.74, 6) is 0.468. The minimum absolute atomic E-state index is 0. The predicted molar refractivity (Wildman–Crippen MR) is 114 cm³/mol. The van der Waals surface area contributed by atoms with Crippen molar-refractivity contribution in [2.45, 2.75) is 26.3 Å². The molecule has 2 aromatic carbocycles. The van der Waals surface area contributed by atoms with Crippen LogP contribution in [0.1, 0.15) is 18.1 Å². The van der Waals surface area contributed by atoms with Gasteiger partial charge in [-0.3, -0.25) is 4.99 Å². The largest absolute Gasteiger partial charge is 0.370 e. The zero-order valence-corrected chi connectivity index (χ0v) is 16.5. The van der Waals surface area contributed by atoms with Gasteiger partial charge in [-0.15, -0.1) is 24.0 Å². The van der Waals surface area contributed by atoms with Crippen LogP contribution in [0.2, 0.25) is 0 Å². The molecule has 1 aliphatic rings. The van der Waals surface area contributed by atoms with Gasteiger partial charge in [0.25, 0.3) is 0 Å². The monoisotopic (exact) mass is 436 g/mol. The summed E-state index contributed by atoms with van der Waals surface area (Å²) >= 11 is 0. The van der Waals surface area contributed by atoms with Crippen LogP contribution >= 0.6 is 24.0 Å². The topological polar surface area (TPSA) is 53.6 Å². The normalized spacial score (nSPS) is 16.5. The molecule has 1 atom stereocenters. The van der Waals surface area contributed by atoms with Gasteiger partial charge in [0.05, 0.1) is 6.54 Å². The number of rotatable bonds is 4. The Kier molecular flexibility index (Phi) is 6.48. The molecule has 1 aliphatic heterocycles. The van der Waals surface area contributed by atoms with Crippen molar-refractivity contribution in [2.24, 2.45) is 10.7 Å². The highest BCUT2D eigenvalue weighted by Gasteiger charge is 2.24. The third kappa shape index (κ3) is 4.41. The van der Waals surface area contributed by atoms with Crippen LogP contribution in [0.3, 0.4) is 0 Å². The summed E-state index contributed by atoms with van der Waals surface area (Å²) in [5.41, 5.74) is 10.9. The number of hydrogen-bond acceptors (Lipinski definition) is 2. The lowest BCUT2D eigenvalue weighted by Gasteiger charge is -2.24. The van der Waals surface area contributed by atoms with E-state index in [-0.39, 0.29) is 24.0 Å². The number of anilines is 2. The second-order valence-electron chi connectivity index (χ2n) is 6.14. The first-order chi connectivity index (χ1) is 11.1. The van der Waals surface area contributed by atoms with Crippen LogP contribution in [0.4, 0.5) is 11.4 Å². The molecule has 2 aromatic rings. The first-order valence-corrected chi connectivity index (χ1v) is 8.11. The number of nitrogens with two attached hydrogens (primary N) is 1. The van der Waals surface area contributed by atoms with Gasteiger partial charge in [0.15, 0.2) is 5.96 Å². The standard InChI is InChI=1S/C19H24N4.HI/c1-14-6-5-8-17(12-14)22-19(20)21-10-11-23-15(2)13-16-7-3-4-9-18(16)23;/h3-9,12,15H,10-11,13H2,1-2H3,(H3,20,21,22);1H. The molecule has 5 heteroatoms. The molecule has 0 aromatic heterocycles. The molecule has 0 spiro atoms. The first-order valence-electron chi connectivity index (χ1n) is 8.11. The highest BCUT2D eigenvalue weighted by Crippen LogP contribution is 2.31. The van der Waals surface area contributed by atoms with Crippen molar-refractivity contribution in [1.82, 2.24) is 0 Å². The molecule has 1 heterocycles. The number of hydrogen-bond donors (Lipinski definition) is 2. The lowest BCUT2D eigenvalue weighted by atomic mass is 10.1. The van der Waals surface area contributed by atoms with Crippen LogP contribution in [0, 0.1) is 6.92 Å². The van der Waals surface area contributed by atoms with E-state index in [0.29, 0.717) is 18.5 Å². The number of aliphatic imine (C=N–C) groups is 1. The summed E-state index contributed by atoms with van der Waals surface area (Å²) in [6, 6.07) is 17.2. The van der Waals surface area contributed by atoms with E-state index in [1.54, 1.807) is 0 Å². The number of nitrogens with zero attached hydrogens (tertiary/aromatic N) is 2. The molecule has 0 bridgehead atoms. The fourth-order valence-electron chi connectivity index (χ4n) is 3.16. The maximum atomic E-state index is 5.99. The van der Waals surface area contributed by atoms with E-state index in [2.05, 4.69) is 65.5 Å². The molecule has 24 heavy (non-hydrogen) atoms. The third-order valence-corrected chi connectivity index (χ3v) is 4.26. The average molecular weight is 436 g/mol. The molecule has 0 aliphatic carbocycles. The Balaban J connectivity index is 0.00000208. The number of benzene rings is 2. The summed E-state index contributed by atoms with van der Waals surface area (Å²) < 4.78 is 0. The van der Waals surface area contributed by atoms with Crippen LogP contribution in [-0.4, -0.2) is 25.1 Å². The van der Waals surface area contributed by atoms with Crippen molar-refractivity contribution >= 4 is 41.3 Å². The van der Waals surface area contributed by atoms with Gasteiger partial charge < -0.3 is 16.0 Å². The van der Waals surface area contributed by atoms with E-state index in [1.807, 2.05) is 12.1 Å². The third-order valence-electron chi connectivity index (χ3n) is 4.26. The zero-order chi connectivity index (χ0) is 16.2. The minimum atomic E-state index is 0. The van der Waals surface area contributed by atoms with Crippen LogP contribution in [0.25, 0.3) is 0 Å². The van der Waals surface area contributed by atoms with Crippen molar-refractivity contribution in [1.29, 1.82) is 0 Å². The van der Waals surface area contributed by atoms with Crippen molar-refractivity contribution < 1.29 is 0 Å². The number of nitrogens with one attached hydrogen (secondary N) is 1. The fourth-order valence-corrected chi connectivity index (χ4v) is 3.16. The maximum Gasteiger partial charge on any atom is 0.193 e. The number of guanidine groups is 1. The molecule has 4 nitrogen and oxygen atoms in total. The number of aryl methyl sites for hydroxylation is 1. The summed E-state index contributed by atoms with van der Waals surface area (Å²) in [6.45, 7) is 5.89. The SMILES string of the molecule is Cc1cccc(NC(N)=NCCN2c3ccccc3CC2C)c1.I. The molecule has 0 fully saturated rings. The van der Waals surface area contributed by atoms with Crippen molar-refractivity contribution in [3.8, 4) is 0 Å². The molecule has 1 unspecified atom stereocenters. The summed E-state index contributed by atoms with van der Waals surface area (Å²) in [4.78, 5) is 6.88. The smallest absolute Gasteiger partial charge is 0.193 e. The average Bonchev–Trinajstić information content (AvgIpc) is 2.83. The van der Waals surface area contributed by atoms with Gasteiger partial charge in [-0.2, -0.15) is 0 Å². The van der Waals surface area contributed by atoms with Crippen LogP contribution in [-0.2, 0) is 6.42 Å². The molecule has 128 valence electrons. The number of halogens is 1. The van der Waals surface area contributed by atoms with E-state index in [9.17, 15) is 0 Å². The van der Waals surface area contributed by atoms with E-state index >= 15 is 0 Å². The molecule has 0 amide bonds. The Labute approximate surface area is 161 Å². The summed E-state index contributed by atoms with van der Waals surface area (Å²) in [7, 11) is 0. The van der Waals surface area contributed by atoms with Crippen LogP contribution in [0.15, 0.2) is 53.5 Å². The van der Waals surface area contributed by atoms with Gasteiger partial charge in [-0.05, 0) is 49.6 Å². The molecule has 0 saturated carbocycles. The van der Waals surface area contributed by atoms with Crippen molar-refractivity contribution in [3.05, 3.63) is 59.7 Å². The van der Waals surface area contributed by atoms with Crippen LogP contribution in [0.5, 0.6) is 0 Å². The van der Waals surface area contributed by atoms with Crippen molar-refractivity contribution in [3.63, 3.8) is 0 Å². The Bertz CT molecular complexity index is 714. The Morgan fingerprint density at radius 1 is 1.25 bits per heavy atom. The van der Waals surface area contributed by atoms with Gasteiger partial charge in [-0.25, -0.2) is 0 Å². The second-order valence-corrected chi connectivity index (χ2v) is 6.14. The Morgan fingerprint density at radius 2 is 2.04 bits per heavy atom. The molecule has 0 saturated heterocycles. The zero-order valence-electron chi connectivity index (χ0n) is 14.2. The van der Waals surface area contributed by atoms with Crippen LogP contribution < -0.4 is 16.0 Å². The molecule has 3 rings (SSSR count). The minimum Gasteiger partial charge on any atom is -0.370 e. The van der Waals surface area contributed by atoms with E-state index in [0.717, 1.165) is 18.7 Å². The van der Waals surface area contributed by atoms with Gasteiger partial charge >= 0.3 is 0 Å². The van der Waals surface area contributed by atoms with Gasteiger partial charge in [0.1, 0.15) is 0 Å². The quantitative estimate of drug-likeness (QED) is 0.436. The second kappa shape index (κ2) is 8.37. The molecular weight excluding hydrogens is 411 g/mol. The van der Waals surface area contributed by atoms with Crippen molar-refractivity contribution in [2.75, 3.05) is 23.3 Å². The lowest BCUT2D eigenvalue weighted by Crippen LogP contribution is -2.32. The Hall–Kier alpha value is -1.76.